The van der Waals surface area contributed by atoms with E-state index in [-0.39, 0.29) is 11.5 Å². The van der Waals surface area contributed by atoms with Crippen LogP contribution < -0.4 is 5.56 Å². The summed E-state index contributed by atoms with van der Waals surface area (Å²) in [5.74, 6) is 0.703. The number of aromatic nitrogens is 3. The van der Waals surface area contributed by atoms with Crippen LogP contribution in [0.15, 0.2) is 82.2 Å². The summed E-state index contributed by atoms with van der Waals surface area (Å²) >= 11 is 3.43. The minimum atomic E-state index is -0.144. The Morgan fingerprint density at radius 1 is 0.944 bits per heavy atom. The number of hydrogen-bond acceptors (Lipinski definition) is 5. The zero-order valence-corrected chi connectivity index (χ0v) is 22.2. The van der Waals surface area contributed by atoms with E-state index >= 15 is 0 Å². The van der Waals surface area contributed by atoms with E-state index < -0.39 is 0 Å². The molecule has 0 spiro atoms. The van der Waals surface area contributed by atoms with Crippen molar-refractivity contribution in [2.24, 2.45) is 0 Å². The maximum Gasteiger partial charge on any atom is 0.280 e. The number of aryl methyl sites for hydroxylation is 1. The van der Waals surface area contributed by atoms with E-state index in [1.165, 1.54) is 0 Å². The van der Waals surface area contributed by atoms with Crippen LogP contribution >= 0.6 is 15.9 Å². The summed E-state index contributed by atoms with van der Waals surface area (Å²) in [6.45, 7) is 2.38. The van der Waals surface area contributed by atoms with Crippen LogP contribution in [0.5, 0.6) is 0 Å². The highest BCUT2D eigenvalue weighted by Gasteiger charge is 2.17. The molecule has 0 unspecified atom stereocenters. The zero-order valence-electron chi connectivity index (χ0n) is 20.6. The van der Waals surface area contributed by atoms with Crippen molar-refractivity contribution in [1.29, 1.82) is 0 Å². The summed E-state index contributed by atoms with van der Waals surface area (Å²) in [5, 5.41) is 0. The van der Waals surface area contributed by atoms with Crippen molar-refractivity contribution in [2.45, 2.75) is 19.4 Å². The molecule has 0 atom stereocenters. The molecule has 8 heteroatoms. The van der Waals surface area contributed by atoms with Gasteiger partial charge in [0.15, 0.2) is 5.52 Å². The molecule has 0 aliphatic heterocycles. The molecule has 0 N–H and O–H groups in total. The lowest BCUT2D eigenvalue weighted by atomic mass is 10.1. The Labute approximate surface area is 219 Å². The lowest BCUT2D eigenvalue weighted by Gasteiger charge is -2.25. The largest absolute Gasteiger partial charge is 0.337 e. The third-order valence-corrected chi connectivity index (χ3v) is 6.53. The lowest BCUT2D eigenvalue weighted by molar-refractivity contribution is 0.0742. The fourth-order valence-electron chi connectivity index (χ4n) is 4.05. The second-order valence-corrected chi connectivity index (χ2v) is 9.90. The van der Waals surface area contributed by atoms with Crippen LogP contribution in [-0.4, -0.2) is 64.0 Å². The van der Waals surface area contributed by atoms with Crippen LogP contribution in [0.2, 0.25) is 0 Å². The fraction of sp³-hybridized carbons (Fsp3) is 0.286. The predicted molar refractivity (Wildman–Crippen MR) is 146 cm³/mol. The van der Waals surface area contributed by atoms with Crippen LogP contribution in [0.3, 0.4) is 0 Å². The molecule has 0 bridgehead atoms. The van der Waals surface area contributed by atoms with E-state index in [0.29, 0.717) is 54.9 Å². The van der Waals surface area contributed by atoms with Crippen LogP contribution in [0.1, 0.15) is 28.2 Å². The van der Waals surface area contributed by atoms with Gasteiger partial charge in [0.25, 0.3) is 11.5 Å². The van der Waals surface area contributed by atoms with Crippen molar-refractivity contribution in [1.82, 2.24) is 24.3 Å². The number of halogens is 1. The SMILES string of the molecule is CN(C)CCN(CCCc1nc2cccnc2c(=O)n1Cc1ccccc1)C(=O)c1ccc(Br)cc1. The second kappa shape index (κ2) is 12.1. The van der Waals surface area contributed by atoms with Crippen LogP contribution in [-0.2, 0) is 13.0 Å². The Kier molecular flexibility index (Phi) is 8.61. The van der Waals surface area contributed by atoms with Crippen molar-refractivity contribution in [3.8, 4) is 0 Å². The number of carbonyl (C=O) groups excluding carboxylic acids is 1. The Morgan fingerprint density at radius 2 is 1.69 bits per heavy atom. The standard InChI is InChI=1S/C28H30BrN5O2/c1-32(2)18-19-33(27(35)22-12-14-23(29)15-13-22)17-7-11-25-31-24-10-6-16-30-26(24)28(36)34(25)20-21-8-4-3-5-9-21/h3-6,8-10,12-16H,7,11,17-20H2,1-2H3. The van der Waals surface area contributed by atoms with Crippen LogP contribution in [0.25, 0.3) is 11.0 Å². The minimum absolute atomic E-state index is 0.00157. The zero-order chi connectivity index (χ0) is 25.5. The molecule has 4 rings (SSSR count). The molecule has 0 radical (unpaired) electrons. The highest BCUT2D eigenvalue weighted by molar-refractivity contribution is 9.10. The van der Waals surface area contributed by atoms with E-state index in [9.17, 15) is 9.59 Å². The van der Waals surface area contributed by atoms with E-state index in [2.05, 4.69) is 25.8 Å². The van der Waals surface area contributed by atoms with Gasteiger partial charge < -0.3 is 9.80 Å². The quantitative estimate of drug-likeness (QED) is 0.297. The molecule has 186 valence electrons. The number of likely N-dealkylation sites (N-methyl/N-ethyl adjacent to an activating group) is 1. The number of carbonyl (C=O) groups is 1. The second-order valence-electron chi connectivity index (χ2n) is 8.98. The number of hydrogen-bond donors (Lipinski definition) is 0. The van der Waals surface area contributed by atoms with Gasteiger partial charge >= 0.3 is 0 Å². The first-order valence-corrected chi connectivity index (χ1v) is 12.8. The average molecular weight is 548 g/mol. The first-order chi connectivity index (χ1) is 17.4. The molecule has 2 aromatic heterocycles. The maximum absolute atomic E-state index is 13.3. The minimum Gasteiger partial charge on any atom is -0.337 e. The maximum atomic E-state index is 13.3. The van der Waals surface area contributed by atoms with Gasteiger partial charge in [-0.1, -0.05) is 46.3 Å². The molecule has 1 amide bonds. The summed E-state index contributed by atoms with van der Waals surface area (Å²) in [4.78, 5) is 39.6. The number of amides is 1. The van der Waals surface area contributed by atoms with Gasteiger partial charge in [0.1, 0.15) is 5.82 Å². The molecule has 0 saturated carbocycles. The summed E-state index contributed by atoms with van der Waals surface area (Å²) < 4.78 is 2.65. The molecule has 0 aliphatic carbocycles. The molecule has 36 heavy (non-hydrogen) atoms. The van der Waals surface area contributed by atoms with Gasteiger partial charge in [-0.25, -0.2) is 9.97 Å². The smallest absolute Gasteiger partial charge is 0.280 e. The molecule has 0 fully saturated rings. The summed E-state index contributed by atoms with van der Waals surface area (Å²) in [6, 6.07) is 20.9. The van der Waals surface area contributed by atoms with Gasteiger partial charge in [-0.3, -0.25) is 14.2 Å². The molecule has 7 nitrogen and oxygen atoms in total. The molecule has 4 aromatic rings. The van der Waals surface area contributed by atoms with Gasteiger partial charge in [0.05, 0.1) is 12.1 Å². The Hall–Kier alpha value is -3.36. The van der Waals surface area contributed by atoms with Gasteiger partial charge in [0, 0.05) is 42.3 Å². The van der Waals surface area contributed by atoms with Gasteiger partial charge in [-0.2, -0.15) is 0 Å². The Balaban J connectivity index is 1.57. The van der Waals surface area contributed by atoms with Crippen molar-refractivity contribution < 1.29 is 4.79 Å². The summed E-state index contributed by atoms with van der Waals surface area (Å²) in [7, 11) is 4.00. The molecule has 2 aromatic carbocycles. The van der Waals surface area contributed by atoms with E-state index in [0.717, 1.165) is 16.6 Å². The van der Waals surface area contributed by atoms with Crippen molar-refractivity contribution in [2.75, 3.05) is 33.7 Å². The van der Waals surface area contributed by atoms with Gasteiger partial charge in [0.2, 0.25) is 0 Å². The van der Waals surface area contributed by atoms with Crippen LogP contribution in [0.4, 0.5) is 0 Å². The third-order valence-electron chi connectivity index (χ3n) is 6.00. The van der Waals surface area contributed by atoms with Crippen LogP contribution in [0, 0.1) is 0 Å². The van der Waals surface area contributed by atoms with Gasteiger partial charge in [-0.15, -0.1) is 0 Å². The monoisotopic (exact) mass is 547 g/mol. The van der Waals surface area contributed by atoms with Crippen molar-refractivity contribution in [3.05, 3.63) is 105 Å². The third kappa shape index (κ3) is 6.44. The lowest BCUT2D eigenvalue weighted by Crippen LogP contribution is -2.37. The van der Waals surface area contributed by atoms with Gasteiger partial charge in [-0.05, 0) is 62.5 Å². The topological polar surface area (TPSA) is 71.3 Å². The normalized spacial score (nSPS) is 11.2. The predicted octanol–water partition coefficient (Wildman–Crippen LogP) is 4.24. The first kappa shape index (κ1) is 25.7. The number of rotatable bonds is 10. The number of fused-ring (bicyclic) bond motifs is 1. The first-order valence-electron chi connectivity index (χ1n) is 12.0. The van der Waals surface area contributed by atoms with Crippen molar-refractivity contribution in [3.63, 3.8) is 0 Å². The summed E-state index contributed by atoms with van der Waals surface area (Å²) in [6.07, 6.45) is 2.87. The van der Waals surface area contributed by atoms with E-state index in [1.807, 2.05) is 79.7 Å². The van der Waals surface area contributed by atoms with E-state index in [4.69, 9.17) is 4.98 Å². The highest BCUT2D eigenvalue weighted by Crippen LogP contribution is 2.14. The number of nitrogens with zero attached hydrogens (tertiary/aromatic N) is 5. The van der Waals surface area contributed by atoms with Crippen molar-refractivity contribution >= 4 is 32.9 Å². The number of pyridine rings is 1. The Morgan fingerprint density at radius 3 is 2.42 bits per heavy atom. The number of benzene rings is 2. The average Bonchev–Trinajstić information content (AvgIpc) is 2.88. The molecule has 0 aliphatic rings. The highest BCUT2D eigenvalue weighted by atomic mass is 79.9. The molecular weight excluding hydrogens is 518 g/mol. The Bertz CT molecular complexity index is 1370. The molecular formula is C28H30BrN5O2. The molecule has 0 saturated heterocycles. The van der Waals surface area contributed by atoms with E-state index in [1.54, 1.807) is 16.8 Å². The fourth-order valence-corrected chi connectivity index (χ4v) is 4.32. The summed E-state index contributed by atoms with van der Waals surface area (Å²) in [5.41, 5.74) is 2.51. The molecule has 2 heterocycles.